The molecule has 0 unspecified atom stereocenters. The second-order valence-electron chi connectivity index (χ2n) is 7.33. The number of nitrogens with one attached hydrogen (secondary N) is 1. The van der Waals surface area contributed by atoms with Crippen LogP contribution >= 0.6 is 11.3 Å². The summed E-state index contributed by atoms with van der Waals surface area (Å²) >= 11 is 1.45. The fraction of sp³-hybridized carbons (Fsp3) is 0.217. The third-order valence-electron chi connectivity index (χ3n) is 4.55. The summed E-state index contributed by atoms with van der Waals surface area (Å²) in [4.78, 5) is 18.8. The first-order valence-corrected chi connectivity index (χ1v) is 10.8. The van der Waals surface area contributed by atoms with E-state index in [1.165, 1.54) is 16.0 Å². The zero-order chi connectivity index (χ0) is 22.0. The average molecular weight is 434 g/mol. The Morgan fingerprint density at radius 3 is 2.48 bits per heavy atom. The minimum atomic E-state index is -0.295. The first kappa shape index (κ1) is 20.7. The van der Waals surface area contributed by atoms with Gasteiger partial charge in [0.25, 0.3) is 0 Å². The molecule has 2 aromatic heterocycles. The van der Waals surface area contributed by atoms with Gasteiger partial charge in [0.2, 0.25) is 5.13 Å². The quantitative estimate of drug-likeness (QED) is 0.372. The normalized spacial score (nSPS) is 11.5. The van der Waals surface area contributed by atoms with E-state index in [0.29, 0.717) is 22.3 Å². The Balaban J connectivity index is 1.69. The van der Waals surface area contributed by atoms with Crippen LogP contribution in [0.1, 0.15) is 24.4 Å². The van der Waals surface area contributed by atoms with E-state index in [2.05, 4.69) is 20.3 Å². The fourth-order valence-corrected chi connectivity index (χ4v) is 4.02. The molecule has 0 amide bonds. The molecule has 0 fully saturated rings. The number of aryl methyl sites for hydroxylation is 2. The number of azo groups is 1. The van der Waals surface area contributed by atoms with Crippen molar-refractivity contribution < 1.29 is 4.74 Å². The Morgan fingerprint density at radius 1 is 1.03 bits per heavy atom. The highest BCUT2D eigenvalue weighted by molar-refractivity contribution is 7.14. The van der Waals surface area contributed by atoms with Crippen molar-refractivity contribution in [3.63, 3.8) is 0 Å². The van der Waals surface area contributed by atoms with E-state index >= 15 is 0 Å². The van der Waals surface area contributed by atoms with E-state index in [-0.39, 0.29) is 17.4 Å². The Morgan fingerprint density at radius 2 is 1.74 bits per heavy atom. The van der Waals surface area contributed by atoms with E-state index in [9.17, 15) is 4.79 Å². The lowest BCUT2D eigenvalue weighted by atomic mass is 10.1. The summed E-state index contributed by atoms with van der Waals surface area (Å²) in [6.45, 7) is 7.68. The molecule has 0 bridgehead atoms. The SMILES string of the molecule is Cc1[nH]n(-c2nc(-c3ccccc3)c(C)s2)c(=O)c1N=Nc1ccccc1OC(C)C. The summed E-state index contributed by atoms with van der Waals surface area (Å²) in [5.74, 6) is 0.623. The predicted octanol–water partition coefficient (Wildman–Crippen LogP) is 6.11. The van der Waals surface area contributed by atoms with Gasteiger partial charge >= 0.3 is 5.56 Å². The summed E-state index contributed by atoms with van der Waals surface area (Å²) in [6.07, 6.45) is 0.00882. The Kier molecular flexibility index (Phi) is 5.81. The second kappa shape index (κ2) is 8.69. The summed E-state index contributed by atoms with van der Waals surface area (Å²) in [5.41, 5.74) is 3.01. The van der Waals surface area contributed by atoms with Crippen molar-refractivity contribution in [2.24, 2.45) is 10.2 Å². The predicted molar refractivity (Wildman–Crippen MR) is 123 cm³/mol. The molecule has 7 nitrogen and oxygen atoms in total. The molecule has 0 atom stereocenters. The zero-order valence-corrected chi connectivity index (χ0v) is 18.6. The van der Waals surface area contributed by atoms with Crippen LogP contribution in [-0.4, -0.2) is 20.9 Å². The lowest BCUT2D eigenvalue weighted by Gasteiger charge is -2.10. The number of hydrogen-bond acceptors (Lipinski definition) is 6. The number of aromatic nitrogens is 3. The summed E-state index contributed by atoms with van der Waals surface area (Å²) in [6, 6.07) is 17.3. The molecule has 0 aliphatic heterocycles. The first-order valence-electron chi connectivity index (χ1n) is 9.96. The third-order valence-corrected chi connectivity index (χ3v) is 5.51. The van der Waals surface area contributed by atoms with Crippen molar-refractivity contribution in [2.75, 3.05) is 0 Å². The van der Waals surface area contributed by atoms with Crippen molar-refractivity contribution in [3.05, 3.63) is 75.5 Å². The number of para-hydroxylation sites is 1. The van der Waals surface area contributed by atoms with Crippen molar-refractivity contribution in [2.45, 2.75) is 33.8 Å². The van der Waals surface area contributed by atoms with Crippen molar-refractivity contribution >= 4 is 22.7 Å². The summed E-state index contributed by atoms with van der Waals surface area (Å²) in [5, 5.41) is 12.1. The number of ether oxygens (including phenoxy) is 1. The van der Waals surface area contributed by atoms with Gasteiger partial charge in [0, 0.05) is 10.4 Å². The smallest absolute Gasteiger partial charge is 0.301 e. The zero-order valence-electron chi connectivity index (χ0n) is 17.8. The molecule has 31 heavy (non-hydrogen) atoms. The first-order chi connectivity index (χ1) is 14.9. The minimum absolute atomic E-state index is 0.00882. The third kappa shape index (κ3) is 4.34. The molecule has 2 aromatic carbocycles. The van der Waals surface area contributed by atoms with E-state index in [1.807, 2.05) is 69.3 Å². The number of nitrogens with zero attached hydrogens (tertiary/aromatic N) is 4. The van der Waals surface area contributed by atoms with Gasteiger partial charge in [-0.2, -0.15) is 4.68 Å². The van der Waals surface area contributed by atoms with E-state index in [0.717, 1.165) is 16.1 Å². The maximum absolute atomic E-state index is 13.0. The number of aromatic amines is 1. The van der Waals surface area contributed by atoms with E-state index in [1.54, 1.807) is 13.0 Å². The van der Waals surface area contributed by atoms with Gasteiger partial charge in [0.05, 0.1) is 17.5 Å². The highest BCUT2D eigenvalue weighted by atomic mass is 32.1. The van der Waals surface area contributed by atoms with Crippen molar-refractivity contribution in [1.82, 2.24) is 14.8 Å². The lowest BCUT2D eigenvalue weighted by Crippen LogP contribution is -2.13. The van der Waals surface area contributed by atoms with Crippen LogP contribution in [0, 0.1) is 13.8 Å². The highest BCUT2D eigenvalue weighted by Crippen LogP contribution is 2.31. The molecular weight excluding hydrogens is 410 g/mol. The van der Waals surface area contributed by atoms with Gasteiger partial charge in [-0.05, 0) is 39.8 Å². The van der Waals surface area contributed by atoms with Gasteiger partial charge in [-0.25, -0.2) is 4.98 Å². The van der Waals surface area contributed by atoms with Crippen LogP contribution in [0.5, 0.6) is 5.75 Å². The molecule has 0 spiro atoms. The number of thiazole rings is 1. The molecular formula is C23H23N5O2S. The number of H-pyrrole nitrogens is 1. The van der Waals surface area contributed by atoms with E-state index < -0.39 is 0 Å². The molecule has 8 heteroatoms. The lowest BCUT2D eigenvalue weighted by molar-refractivity contribution is 0.243. The van der Waals surface area contributed by atoms with Crippen LogP contribution in [0.15, 0.2) is 69.6 Å². The molecule has 0 aliphatic carbocycles. The highest BCUT2D eigenvalue weighted by Gasteiger charge is 2.17. The van der Waals surface area contributed by atoms with Gasteiger partial charge in [-0.3, -0.25) is 9.89 Å². The summed E-state index contributed by atoms with van der Waals surface area (Å²) in [7, 11) is 0. The van der Waals surface area contributed by atoms with Crippen molar-refractivity contribution in [3.8, 4) is 22.1 Å². The van der Waals surface area contributed by atoms with Gasteiger partial charge in [0.1, 0.15) is 11.4 Å². The van der Waals surface area contributed by atoms with Crippen LogP contribution in [-0.2, 0) is 0 Å². The maximum atomic E-state index is 13.0. The Labute approximate surface area is 184 Å². The van der Waals surface area contributed by atoms with Gasteiger partial charge in [-0.15, -0.1) is 10.2 Å². The largest absolute Gasteiger partial charge is 0.489 e. The Bertz CT molecular complexity index is 1290. The Hall–Kier alpha value is -3.52. The number of benzene rings is 2. The molecule has 4 aromatic rings. The van der Waals surface area contributed by atoms with Crippen LogP contribution in [0.4, 0.5) is 11.4 Å². The maximum Gasteiger partial charge on any atom is 0.301 e. The van der Waals surface area contributed by atoms with Gasteiger partial charge in [-0.1, -0.05) is 53.8 Å². The molecule has 0 radical (unpaired) electrons. The van der Waals surface area contributed by atoms with Crippen LogP contribution < -0.4 is 10.3 Å². The van der Waals surface area contributed by atoms with Gasteiger partial charge in [0.15, 0.2) is 5.69 Å². The van der Waals surface area contributed by atoms with Crippen LogP contribution in [0.25, 0.3) is 16.4 Å². The minimum Gasteiger partial charge on any atom is -0.489 e. The van der Waals surface area contributed by atoms with Crippen LogP contribution in [0.2, 0.25) is 0 Å². The second-order valence-corrected chi connectivity index (χ2v) is 8.51. The monoisotopic (exact) mass is 433 g/mol. The van der Waals surface area contributed by atoms with Crippen molar-refractivity contribution in [1.29, 1.82) is 0 Å². The topological polar surface area (TPSA) is 84.6 Å². The summed E-state index contributed by atoms with van der Waals surface area (Å²) < 4.78 is 7.19. The van der Waals surface area contributed by atoms with Gasteiger partial charge < -0.3 is 4.74 Å². The fourth-order valence-electron chi connectivity index (χ4n) is 3.13. The standard InChI is InChI=1S/C23H23N5O2S/c1-14(2)30-19-13-9-8-12-18(19)25-26-20-15(3)27-28(22(20)29)23-24-21(16(4)31-23)17-10-6-5-7-11-17/h5-14,27H,1-4H3. The molecule has 1 N–H and O–H groups in total. The molecule has 0 aliphatic rings. The van der Waals surface area contributed by atoms with Crippen LogP contribution in [0.3, 0.4) is 0 Å². The number of rotatable bonds is 6. The average Bonchev–Trinajstić information content (AvgIpc) is 3.27. The molecule has 0 saturated carbocycles. The molecule has 158 valence electrons. The molecule has 0 saturated heterocycles. The molecule has 4 rings (SSSR count). The molecule has 2 heterocycles. The van der Waals surface area contributed by atoms with E-state index in [4.69, 9.17) is 4.74 Å². The number of hydrogen-bond donors (Lipinski definition) is 1.